The molecule has 0 spiro atoms. The zero-order chi connectivity index (χ0) is 17.6. The van der Waals surface area contributed by atoms with Crippen LogP contribution in [0.4, 0.5) is 5.69 Å². The van der Waals surface area contributed by atoms with Gasteiger partial charge >= 0.3 is 0 Å². The molecule has 3 aliphatic rings. The fourth-order valence-electron chi connectivity index (χ4n) is 3.29. The molecule has 9 heteroatoms. The highest BCUT2D eigenvalue weighted by Gasteiger charge is 2.39. The quantitative estimate of drug-likeness (QED) is 0.540. The van der Waals surface area contributed by atoms with Gasteiger partial charge in [0, 0.05) is 23.8 Å². The van der Waals surface area contributed by atoms with Crippen molar-refractivity contribution >= 4 is 33.4 Å². The summed E-state index contributed by atoms with van der Waals surface area (Å²) in [5.41, 5.74) is 6.00. The molecule has 0 saturated carbocycles. The predicted molar refractivity (Wildman–Crippen MR) is 96.0 cm³/mol. The minimum Gasteiger partial charge on any atom is -0.354 e. The summed E-state index contributed by atoms with van der Waals surface area (Å²) in [6.45, 7) is 3.55. The van der Waals surface area contributed by atoms with Gasteiger partial charge in [-0.15, -0.1) is 0 Å². The van der Waals surface area contributed by atoms with Crippen molar-refractivity contribution in [3.8, 4) is 0 Å². The summed E-state index contributed by atoms with van der Waals surface area (Å²) < 4.78 is 1.01. The van der Waals surface area contributed by atoms with Crippen molar-refractivity contribution < 1.29 is 9.59 Å². The monoisotopic (exact) mass is 406 g/mol. The molecule has 0 radical (unpaired) electrons. The van der Waals surface area contributed by atoms with E-state index in [9.17, 15) is 9.59 Å². The van der Waals surface area contributed by atoms with Gasteiger partial charge in [0.1, 0.15) is 12.5 Å². The van der Waals surface area contributed by atoms with E-state index in [1.54, 1.807) is 0 Å². The molecule has 132 valence electrons. The SMILES string of the molecule is Cc1cc(Br)ccc1N1C=C2C(=O)NC(N3CCNC(=O)C3)NC2N1. The normalized spacial score (nSPS) is 26.8. The first kappa shape index (κ1) is 16.5. The number of anilines is 1. The zero-order valence-corrected chi connectivity index (χ0v) is 15.3. The second kappa shape index (κ2) is 6.41. The van der Waals surface area contributed by atoms with Gasteiger partial charge in [-0.25, -0.2) is 5.43 Å². The van der Waals surface area contributed by atoms with Crippen LogP contribution in [0.1, 0.15) is 5.56 Å². The summed E-state index contributed by atoms with van der Waals surface area (Å²) in [4.78, 5) is 26.0. The van der Waals surface area contributed by atoms with Crippen LogP contribution in [0.15, 0.2) is 34.4 Å². The Labute approximate surface area is 153 Å². The van der Waals surface area contributed by atoms with E-state index < -0.39 is 0 Å². The van der Waals surface area contributed by atoms with Crippen LogP contribution < -0.4 is 26.4 Å². The van der Waals surface area contributed by atoms with Crippen molar-refractivity contribution in [3.05, 3.63) is 40.0 Å². The maximum atomic E-state index is 12.5. The molecule has 4 rings (SSSR count). The largest absolute Gasteiger partial charge is 0.354 e. The zero-order valence-electron chi connectivity index (χ0n) is 13.7. The Balaban J connectivity index is 1.52. The summed E-state index contributed by atoms with van der Waals surface area (Å²) >= 11 is 3.46. The lowest BCUT2D eigenvalue weighted by Gasteiger charge is -2.39. The number of benzene rings is 1. The molecule has 1 aromatic carbocycles. The van der Waals surface area contributed by atoms with Crippen molar-refractivity contribution in [2.24, 2.45) is 0 Å². The van der Waals surface area contributed by atoms with Crippen molar-refractivity contribution in [1.29, 1.82) is 0 Å². The van der Waals surface area contributed by atoms with Crippen LogP contribution in [0.3, 0.4) is 0 Å². The highest BCUT2D eigenvalue weighted by atomic mass is 79.9. The first-order valence-electron chi connectivity index (χ1n) is 8.12. The first-order valence-corrected chi connectivity index (χ1v) is 8.91. The average molecular weight is 407 g/mol. The number of nitrogens with one attached hydrogen (secondary N) is 4. The molecule has 0 aromatic heterocycles. The third-order valence-corrected chi connectivity index (χ3v) is 5.05. The molecular weight excluding hydrogens is 388 g/mol. The predicted octanol–water partition coefficient (Wildman–Crippen LogP) is -0.273. The lowest BCUT2D eigenvalue weighted by molar-refractivity contribution is -0.129. The van der Waals surface area contributed by atoms with Gasteiger partial charge in [-0.3, -0.25) is 24.8 Å². The van der Waals surface area contributed by atoms with Gasteiger partial charge in [-0.1, -0.05) is 15.9 Å². The van der Waals surface area contributed by atoms with Gasteiger partial charge in [0.05, 0.1) is 17.8 Å². The Morgan fingerprint density at radius 1 is 1.28 bits per heavy atom. The summed E-state index contributed by atoms with van der Waals surface area (Å²) in [6, 6.07) is 5.98. The molecule has 3 heterocycles. The lowest BCUT2D eigenvalue weighted by Crippen LogP contribution is -2.69. The van der Waals surface area contributed by atoms with Crippen LogP contribution in [-0.2, 0) is 9.59 Å². The maximum Gasteiger partial charge on any atom is 0.254 e. The van der Waals surface area contributed by atoms with E-state index in [0.717, 1.165) is 15.7 Å². The Bertz CT molecular complexity index is 767. The fraction of sp³-hybridized carbons (Fsp3) is 0.375. The number of hydrogen-bond donors (Lipinski definition) is 4. The molecule has 2 atom stereocenters. The fourth-order valence-corrected chi connectivity index (χ4v) is 3.76. The van der Waals surface area contributed by atoms with Crippen molar-refractivity contribution in [1.82, 2.24) is 26.3 Å². The Morgan fingerprint density at radius 2 is 2.12 bits per heavy atom. The van der Waals surface area contributed by atoms with Crippen LogP contribution in [0.2, 0.25) is 0 Å². The van der Waals surface area contributed by atoms with E-state index in [4.69, 9.17) is 0 Å². The summed E-state index contributed by atoms with van der Waals surface area (Å²) in [5, 5.41) is 10.9. The molecule has 0 aliphatic carbocycles. The van der Waals surface area contributed by atoms with Crippen molar-refractivity contribution in [2.45, 2.75) is 19.4 Å². The minimum atomic E-state index is -0.376. The number of fused-ring (bicyclic) bond motifs is 1. The summed E-state index contributed by atoms with van der Waals surface area (Å²) in [5.74, 6) is -0.167. The number of aryl methyl sites for hydroxylation is 1. The third kappa shape index (κ3) is 3.15. The highest BCUT2D eigenvalue weighted by molar-refractivity contribution is 9.10. The molecule has 2 unspecified atom stereocenters. The number of halogens is 1. The van der Waals surface area contributed by atoms with Crippen molar-refractivity contribution in [2.75, 3.05) is 24.6 Å². The van der Waals surface area contributed by atoms with E-state index in [2.05, 4.69) is 37.3 Å². The van der Waals surface area contributed by atoms with Gasteiger partial charge in [0.25, 0.3) is 5.91 Å². The number of hydrazine groups is 1. The average Bonchev–Trinajstić information content (AvgIpc) is 2.99. The molecule has 2 fully saturated rings. The van der Waals surface area contributed by atoms with Crippen molar-refractivity contribution in [3.63, 3.8) is 0 Å². The Kier molecular flexibility index (Phi) is 4.24. The number of piperazine rings is 1. The van der Waals surface area contributed by atoms with Crippen LogP contribution >= 0.6 is 15.9 Å². The molecule has 1 aromatic rings. The molecule has 3 aliphatic heterocycles. The van der Waals surface area contributed by atoms with Gasteiger partial charge in [0.2, 0.25) is 5.91 Å². The molecule has 25 heavy (non-hydrogen) atoms. The molecular formula is C16H19BrN6O2. The topological polar surface area (TPSA) is 88.7 Å². The van der Waals surface area contributed by atoms with E-state index in [1.807, 2.05) is 41.2 Å². The standard InChI is InChI=1S/C16H19BrN6O2/c1-9-6-10(17)2-3-12(9)23-7-11-14(21-23)19-16(20-15(11)25)22-5-4-18-13(24)8-22/h2-3,6-7,14,16,19,21H,4-5,8H2,1H3,(H,18,24)(H,20,25). The van der Waals surface area contributed by atoms with Gasteiger partial charge in [0.15, 0.2) is 0 Å². The number of carbonyl (C=O) groups is 2. The number of rotatable bonds is 2. The smallest absolute Gasteiger partial charge is 0.254 e. The van der Waals surface area contributed by atoms with Gasteiger partial charge in [-0.05, 0) is 30.7 Å². The lowest BCUT2D eigenvalue weighted by atomic mass is 10.1. The first-order chi connectivity index (χ1) is 12.0. The second-order valence-electron chi connectivity index (χ2n) is 6.31. The molecule has 0 bridgehead atoms. The molecule has 2 saturated heterocycles. The highest BCUT2D eigenvalue weighted by Crippen LogP contribution is 2.27. The Hall–Kier alpha value is -1.94. The van der Waals surface area contributed by atoms with E-state index in [1.165, 1.54) is 0 Å². The molecule has 2 amide bonds. The number of nitrogens with zero attached hydrogens (tertiary/aromatic N) is 2. The van der Waals surface area contributed by atoms with E-state index in [0.29, 0.717) is 18.7 Å². The van der Waals surface area contributed by atoms with Gasteiger partial charge < -0.3 is 10.6 Å². The number of hydrogen-bond acceptors (Lipinski definition) is 6. The van der Waals surface area contributed by atoms with Crippen LogP contribution in [-0.4, -0.2) is 48.8 Å². The number of carbonyl (C=O) groups excluding carboxylic acids is 2. The summed E-state index contributed by atoms with van der Waals surface area (Å²) in [7, 11) is 0. The minimum absolute atomic E-state index is 0.0323. The third-order valence-electron chi connectivity index (χ3n) is 4.55. The van der Waals surface area contributed by atoms with Crippen LogP contribution in [0, 0.1) is 6.92 Å². The molecule has 8 nitrogen and oxygen atoms in total. The Morgan fingerprint density at radius 3 is 2.88 bits per heavy atom. The summed E-state index contributed by atoms with van der Waals surface area (Å²) in [6.07, 6.45) is 1.13. The van der Waals surface area contributed by atoms with E-state index >= 15 is 0 Å². The molecule has 4 N–H and O–H groups in total. The van der Waals surface area contributed by atoms with Crippen LogP contribution in [0.25, 0.3) is 0 Å². The maximum absolute atomic E-state index is 12.5. The second-order valence-corrected chi connectivity index (χ2v) is 7.23. The van der Waals surface area contributed by atoms with Crippen LogP contribution in [0.5, 0.6) is 0 Å². The number of amides is 2. The van der Waals surface area contributed by atoms with E-state index in [-0.39, 0.29) is 30.8 Å². The van der Waals surface area contributed by atoms with Gasteiger partial charge in [-0.2, -0.15) is 0 Å².